The number of rotatable bonds is 5. The van der Waals surface area contributed by atoms with E-state index in [1.165, 1.54) is 25.7 Å². The summed E-state index contributed by atoms with van der Waals surface area (Å²) in [7, 11) is 2.19. The SMILES string of the molecule is CCC1CCC(CN)(N(C)Cc2ccccn2)C1. The van der Waals surface area contributed by atoms with Gasteiger partial charge >= 0.3 is 0 Å². The maximum Gasteiger partial charge on any atom is 0.0544 e. The molecule has 1 saturated carbocycles. The van der Waals surface area contributed by atoms with E-state index >= 15 is 0 Å². The van der Waals surface area contributed by atoms with Crippen molar-refractivity contribution in [3.05, 3.63) is 30.1 Å². The molecule has 1 aliphatic rings. The van der Waals surface area contributed by atoms with Gasteiger partial charge in [0.1, 0.15) is 0 Å². The third-order valence-corrected chi connectivity index (χ3v) is 4.58. The lowest BCUT2D eigenvalue weighted by Crippen LogP contribution is -2.50. The van der Waals surface area contributed by atoms with Gasteiger partial charge in [-0.2, -0.15) is 0 Å². The monoisotopic (exact) mass is 247 g/mol. The zero-order chi connectivity index (χ0) is 13.0. The highest BCUT2D eigenvalue weighted by Crippen LogP contribution is 2.39. The van der Waals surface area contributed by atoms with Crippen LogP contribution in [-0.4, -0.2) is 29.0 Å². The molecule has 3 nitrogen and oxygen atoms in total. The largest absolute Gasteiger partial charge is 0.329 e. The maximum absolute atomic E-state index is 6.08. The zero-order valence-electron chi connectivity index (χ0n) is 11.6. The van der Waals surface area contributed by atoms with Crippen LogP contribution in [0.1, 0.15) is 38.3 Å². The summed E-state index contributed by atoms with van der Waals surface area (Å²) in [6.07, 6.45) is 6.93. The van der Waals surface area contributed by atoms with E-state index in [2.05, 4.69) is 36.0 Å². The van der Waals surface area contributed by atoms with Crippen molar-refractivity contribution in [2.45, 2.75) is 44.7 Å². The molecule has 1 aromatic rings. The van der Waals surface area contributed by atoms with Crippen molar-refractivity contribution in [2.75, 3.05) is 13.6 Å². The molecule has 0 aromatic carbocycles. The maximum atomic E-state index is 6.08. The molecule has 2 rings (SSSR count). The van der Waals surface area contributed by atoms with Gasteiger partial charge in [0, 0.05) is 24.8 Å². The predicted molar refractivity (Wildman–Crippen MR) is 75.1 cm³/mol. The smallest absolute Gasteiger partial charge is 0.0544 e. The summed E-state index contributed by atoms with van der Waals surface area (Å²) in [5, 5.41) is 0. The summed E-state index contributed by atoms with van der Waals surface area (Å²) < 4.78 is 0. The fraction of sp³-hybridized carbons (Fsp3) is 0.667. The van der Waals surface area contributed by atoms with Crippen molar-refractivity contribution in [3.8, 4) is 0 Å². The second-order valence-electron chi connectivity index (χ2n) is 5.62. The lowest BCUT2D eigenvalue weighted by Gasteiger charge is -2.38. The van der Waals surface area contributed by atoms with Gasteiger partial charge < -0.3 is 5.73 Å². The molecule has 2 atom stereocenters. The van der Waals surface area contributed by atoms with Gasteiger partial charge in [0.2, 0.25) is 0 Å². The quantitative estimate of drug-likeness (QED) is 0.869. The molecule has 2 unspecified atom stereocenters. The minimum atomic E-state index is 0.193. The normalized spacial score (nSPS) is 27.9. The Bertz CT molecular complexity index is 365. The Morgan fingerprint density at radius 1 is 1.50 bits per heavy atom. The lowest BCUT2D eigenvalue weighted by molar-refractivity contribution is 0.117. The van der Waals surface area contributed by atoms with Crippen LogP contribution in [0.25, 0.3) is 0 Å². The number of hydrogen-bond acceptors (Lipinski definition) is 3. The van der Waals surface area contributed by atoms with Crippen LogP contribution in [0.5, 0.6) is 0 Å². The van der Waals surface area contributed by atoms with Crippen LogP contribution in [0.2, 0.25) is 0 Å². The molecule has 0 bridgehead atoms. The van der Waals surface area contributed by atoms with Crippen LogP contribution in [0.4, 0.5) is 0 Å². The Labute approximate surface area is 110 Å². The summed E-state index contributed by atoms with van der Waals surface area (Å²) in [6.45, 7) is 3.94. The summed E-state index contributed by atoms with van der Waals surface area (Å²) in [5.74, 6) is 0.847. The molecule has 0 radical (unpaired) electrons. The van der Waals surface area contributed by atoms with Crippen LogP contribution in [0.15, 0.2) is 24.4 Å². The molecule has 18 heavy (non-hydrogen) atoms. The highest BCUT2D eigenvalue weighted by atomic mass is 15.2. The molecule has 1 aromatic heterocycles. The van der Waals surface area contributed by atoms with E-state index in [0.717, 1.165) is 24.7 Å². The number of likely N-dealkylation sites (N-methyl/N-ethyl adjacent to an activating group) is 1. The van der Waals surface area contributed by atoms with E-state index in [4.69, 9.17) is 5.73 Å². The average molecular weight is 247 g/mol. The highest BCUT2D eigenvalue weighted by molar-refractivity contribution is 5.06. The number of aromatic nitrogens is 1. The van der Waals surface area contributed by atoms with Gasteiger partial charge in [-0.25, -0.2) is 0 Å². The molecule has 1 aliphatic carbocycles. The Kier molecular flexibility index (Phi) is 4.36. The van der Waals surface area contributed by atoms with Crippen LogP contribution < -0.4 is 5.73 Å². The first-order chi connectivity index (χ1) is 8.70. The molecular formula is C15H25N3. The summed E-state index contributed by atoms with van der Waals surface area (Å²) in [4.78, 5) is 6.83. The molecule has 2 N–H and O–H groups in total. The fourth-order valence-electron chi connectivity index (χ4n) is 3.15. The summed E-state index contributed by atoms with van der Waals surface area (Å²) >= 11 is 0. The van der Waals surface area contributed by atoms with Gasteiger partial charge in [0.15, 0.2) is 0 Å². The second-order valence-corrected chi connectivity index (χ2v) is 5.62. The molecule has 1 fully saturated rings. The number of pyridine rings is 1. The van der Waals surface area contributed by atoms with E-state index in [9.17, 15) is 0 Å². The lowest BCUT2D eigenvalue weighted by atomic mass is 9.93. The van der Waals surface area contributed by atoms with Gasteiger partial charge in [-0.05, 0) is 44.4 Å². The van der Waals surface area contributed by atoms with Gasteiger partial charge in [-0.1, -0.05) is 19.4 Å². The summed E-state index contributed by atoms with van der Waals surface area (Å²) in [5.41, 5.74) is 7.40. The third kappa shape index (κ3) is 2.73. The van der Waals surface area contributed by atoms with Crippen molar-refractivity contribution in [2.24, 2.45) is 11.7 Å². The Morgan fingerprint density at radius 2 is 2.33 bits per heavy atom. The van der Waals surface area contributed by atoms with Crippen molar-refractivity contribution in [1.29, 1.82) is 0 Å². The molecule has 0 saturated heterocycles. The van der Waals surface area contributed by atoms with E-state index in [-0.39, 0.29) is 5.54 Å². The number of nitrogens with zero attached hydrogens (tertiary/aromatic N) is 2. The molecule has 1 heterocycles. The van der Waals surface area contributed by atoms with Crippen molar-refractivity contribution >= 4 is 0 Å². The van der Waals surface area contributed by atoms with Crippen molar-refractivity contribution < 1.29 is 0 Å². The molecule has 3 heteroatoms. The van der Waals surface area contributed by atoms with Gasteiger partial charge in [-0.3, -0.25) is 9.88 Å². The van der Waals surface area contributed by atoms with Crippen molar-refractivity contribution in [3.63, 3.8) is 0 Å². The van der Waals surface area contributed by atoms with E-state index in [1.807, 2.05) is 12.3 Å². The highest BCUT2D eigenvalue weighted by Gasteiger charge is 2.40. The van der Waals surface area contributed by atoms with Gasteiger partial charge in [0.05, 0.1) is 5.69 Å². The van der Waals surface area contributed by atoms with Crippen LogP contribution >= 0.6 is 0 Å². The number of hydrogen-bond donors (Lipinski definition) is 1. The van der Waals surface area contributed by atoms with Crippen LogP contribution in [0.3, 0.4) is 0 Å². The molecule has 0 spiro atoms. The fourth-order valence-corrected chi connectivity index (χ4v) is 3.15. The Morgan fingerprint density at radius 3 is 2.89 bits per heavy atom. The average Bonchev–Trinajstić information content (AvgIpc) is 2.85. The van der Waals surface area contributed by atoms with Crippen LogP contribution in [0, 0.1) is 5.92 Å². The van der Waals surface area contributed by atoms with Crippen molar-refractivity contribution in [1.82, 2.24) is 9.88 Å². The number of nitrogens with two attached hydrogens (primary N) is 1. The van der Waals surface area contributed by atoms with E-state index in [1.54, 1.807) is 0 Å². The third-order valence-electron chi connectivity index (χ3n) is 4.58. The van der Waals surface area contributed by atoms with Crippen LogP contribution in [-0.2, 0) is 6.54 Å². The van der Waals surface area contributed by atoms with Gasteiger partial charge in [-0.15, -0.1) is 0 Å². The molecular weight excluding hydrogens is 222 g/mol. The molecule has 100 valence electrons. The predicted octanol–water partition coefficient (Wildman–Crippen LogP) is 2.42. The second kappa shape index (κ2) is 5.81. The first-order valence-corrected chi connectivity index (χ1v) is 7.01. The minimum absolute atomic E-state index is 0.193. The standard InChI is InChI=1S/C15H25N3/c1-3-13-7-8-15(10-13,12-16)18(2)11-14-6-4-5-9-17-14/h4-6,9,13H,3,7-8,10-12,16H2,1-2H3. The first-order valence-electron chi connectivity index (χ1n) is 7.01. The minimum Gasteiger partial charge on any atom is -0.329 e. The van der Waals surface area contributed by atoms with E-state index < -0.39 is 0 Å². The Hall–Kier alpha value is -0.930. The first kappa shape index (κ1) is 13.5. The van der Waals surface area contributed by atoms with E-state index in [0.29, 0.717) is 0 Å². The topological polar surface area (TPSA) is 42.1 Å². The molecule has 0 aliphatic heterocycles. The molecule has 0 amide bonds. The summed E-state index contributed by atoms with van der Waals surface area (Å²) in [6, 6.07) is 6.10. The zero-order valence-corrected chi connectivity index (χ0v) is 11.6. The van der Waals surface area contributed by atoms with Gasteiger partial charge in [0.25, 0.3) is 0 Å². The Balaban J connectivity index is 2.04.